The molecule has 4 aromatic rings. The summed E-state index contributed by atoms with van der Waals surface area (Å²) in [6.45, 7) is 2.05. The highest BCUT2D eigenvalue weighted by molar-refractivity contribution is 7.17. The Labute approximate surface area is 163 Å². The Bertz CT molecular complexity index is 1080. The normalized spacial score (nSPS) is 10.6. The van der Waals surface area contributed by atoms with E-state index < -0.39 is 0 Å². The van der Waals surface area contributed by atoms with Crippen molar-refractivity contribution in [2.24, 2.45) is 0 Å². The maximum Gasteiger partial charge on any atom is 0.262 e. The van der Waals surface area contributed by atoms with Crippen molar-refractivity contribution < 1.29 is 9.53 Å². The van der Waals surface area contributed by atoms with Crippen molar-refractivity contribution >= 4 is 33.7 Å². The molecule has 0 saturated carbocycles. The third-order valence-corrected chi connectivity index (χ3v) is 5.36. The minimum absolute atomic E-state index is 0.216. The number of hydrogen-bond acceptors (Lipinski definition) is 7. The van der Waals surface area contributed by atoms with Gasteiger partial charge in [-0.3, -0.25) is 15.1 Å². The Hall–Kier alpha value is -3.10. The standard InChI is InChI=1S/C19H14N4O2S2/c1-12-6-7-16(27-12)15-11-26-19(22-15)23-17(24)14-5-3-9-21-18(14)25-13-4-2-8-20-10-13/h2-11H,1H3,(H,22,23,24). The molecule has 6 nitrogen and oxygen atoms in total. The molecule has 134 valence electrons. The number of rotatable bonds is 5. The van der Waals surface area contributed by atoms with Crippen LogP contribution < -0.4 is 10.1 Å². The van der Waals surface area contributed by atoms with Crippen molar-refractivity contribution in [2.75, 3.05) is 5.32 Å². The fourth-order valence-electron chi connectivity index (χ4n) is 2.35. The number of nitrogens with one attached hydrogen (secondary N) is 1. The molecule has 0 aliphatic carbocycles. The van der Waals surface area contributed by atoms with E-state index in [9.17, 15) is 4.79 Å². The van der Waals surface area contributed by atoms with Gasteiger partial charge in [0.25, 0.3) is 5.91 Å². The van der Waals surface area contributed by atoms with Crippen LogP contribution in [0.5, 0.6) is 11.6 Å². The average molecular weight is 394 g/mol. The van der Waals surface area contributed by atoms with Crippen molar-refractivity contribution in [1.29, 1.82) is 0 Å². The van der Waals surface area contributed by atoms with Gasteiger partial charge in [0.1, 0.15) is 11.3 Å². The SMILES string of the molecule is Cc1ccc(-c2csc(NC(=O)c3cccnc3Oc3cccnc3)n2)s1. The highest BCUT2D eigenvalue weighted by Gasteiger charge is 2.16. The van der Waals surface area contributed by atoms with E-state index in [-0.39, 0.29) is 11.8 Å². The number of thiazole rings is 1. The number of carbonyl (C=O) groups excluding carboxylic acids is 1. The smallest absolute Gasteiger partial charge is 0.262 e. The number of ether oxygens (including phenoxy) is 1. The lowest BCUT2D eigenvalue weighted by Gasteiger charge is -2.08. The zero-order valence-electron chi connectivity index (χ0n) is 14.2. The second-order valence-electron chi connectivity index (χ2n) is 5.55. The summed E-state index contributed by atoms with van der Waals surface area (Å²) in [5, 5.41) is 5.27. The topological polar surface area (TPSA) is 77.0 Å². The molecule has 1 amide bonds. The molecule has 1 N–H and O–H groups in total. The first kappa shape index (κ1) is 17.3. The number of pyridine rings is 2. The van der Waals surface area contributed by atoms with Gasteiger partial charge in [-0.1, -0.05) is 0 Å². The number of hydrogen-bond donors (Lipinski definition) is 1. The van der Waals surface area contributed by atoms with E-state index in [2.05, 4.69) is 33.3 Å². The van der Waals surface area contributed by atoms with Crippen LogP contribution in [0.3, 0.4) is 0 Å². The lowest BCUT2D eigenvalue weighted by atomic mass is 10.2. The van der Waals surface area contributed by atoms with E-state index in [1.54, 1.807) is 54.2 Å². The van der Waals surface area contributed by atoms with E-state index in [1.165, 1.54) is 16.2 Å². The number of amides is 1. The predicted octanol–water partition coefficient (Wildman–Crippen LogP) is 5.01. The van der Waals surface area contributed by atoms with E-state index >= 15 is 0 Å². The van der Waals surface area contributed by atoms with Gasteiger partial charge in [-0.25, -0.2) is 9.97 Å². The van der Waals surface area contributed by atoms with Crippen LogP contribution in [0.1, 0.15) is 15.2 Å². The Kier molecular flexibility index (Phi) is 4.91. The van der Waals surface area contributed by atoms with Crippen molar-refractivity contribution in [2.45, 2.75) is 6.92 Å². The van der Waals surface area contributed by atoms with Crippen LogP contribution in [-0.4, -0.2) is 20.9 Å². The second kappa shape index (κ2) is 7.65. The molecular weight excluding hydrogens is 380 g/mol. The molecule has 0 unspecified atom stereocenters. The first-order valence-corrected chi connectivity index (χ1v) is 9.75. The predicted molar refractivity (Wildman–Crippen MR) is 107 cm³/mol. The molecule has 4 heterocycles. The van der Waals surface area contributed by atoms with Gasteiger partial charge in [-0.05, 0) is 43.3 Å². The third kappa shape index (κ3) is 4.02. The molecule has 0 atom stereocenters. The monoisotopic (exact) mass is 394 g/mol. The lowest BCUT2D eigenvalue weighted by Crippen LogP contribution is -2.13. The molecule has 0 saturated heterocycles. The summed E-state index contributed by atoms with van der Waals surface area (Å²) in [6, 6.07) is 10.9. The van der Waals surface area contributed by atoms with Crippen molar-refractivity contribution in [1.82, 2.24) is 15.0 Å². The van der Waals surface area contributed by atoms with Crippen LogP contribution in [0.2, 0.25) is 0 Å². The fraction of sp³-hybridized carbons (Fsp3) is 0.0526. The molecule has 4 rings (SSSR count). The number of nitrogens with zero attached hydrogens (tertiary/aromatic N) is 3. The van der Waals surface area contributed by atoms with Gasteiger partial charge in [0.15, 0.2) is 5.13 Å². The van der Waals surface area contributed by atoms with E-state index in [1.807, 2.05) is 11.4 Å². The molecule has 0 aliphatic heterocycles. The molecule has 0 radical (unpaired) electrons. The van der Waals surface area contributed by atoms with Crippen molar-refractivity contribution in [3.8, 4) is 22.2 Å². The Balaban J connectivity index is 1.53. The fourth-order valence-corrected chi connectivity index (χ4v) is 3.95. The highest BCUT2D eigenvalue weighted by atomic mass is 32.1. The highest BCUT2D eigenvalue weighted by Crippen LogP contribution is 2.31. The third-order valence-electron chi connectivity index (χ3n) is 3.58. The van der Waals surface area contributed by atoms with Crippen LogP contribution in [0.15, 0.2) is 60.4 Å². The van der Waals surface area contributed by atoms with E-state index in [0.29, 0.717) is 16.4 Å². The molecule has 0 bridgehead atoms. The average Bonchev–Trinajstić information content (AvgIpc) is 3.32. The summed E-state index contributed by atoms with van der Waals surface area (Å²) in [7, 11) is 0. The maximum absolute atomic E-state index is 12.7. The molecule has 27 heavy (non-hydrogen) atoms. The molecule has 4 aromatic heterocycles. The molecule has 0 spiro atoms. The van der Waals surface area contributed by atoms with Gasteiger partial charge < -0.3 is 4.74 Å². The van der Waals surface area contributed by atoms with Crippen LogP contribution >= 0.6 is 22.7 Å². The van der Waals surface area contributed by atoms with Gasteiger partial charge in [0.05, 0.1) is 16.8 Å². The summed E-state index contributed by atoms with van der Waals surface area (Å²) in [6.07, 6.45) is 4.78. The first-order valence-electron chi connectivity index (χ1n) is 8.05. The van der Waals surface area contributed by atoms with Crippen LogP contribution in [0.4, 0.5) is 5.13 Å². The quantitative estimate of drug-likeness (QED) is 0.515. The van der Waals surface area contributed by atoms with Crippen LogP contribution in [0, 0.1) is 6.92 Å². The molecular formula is C19H14N4O2S2. The van der Waals surface area contributed by atoms with Crippen LogP contribution in [-0.2, 0) is 0 Å². The number of aromatic nitrogens is 3. The molecule has 0 fully saturated rings. The summed E-state index contributed by atoms with van der Waals surface area (Å²) < 4.78 is 5.70. The minimum Gasteiger partial charge on any atom is -0.437 e. The summed E-state index contributed by atoms with van der Waals surface area (Å²) >= 11 is 3.05. The zero-order chi connectivity index (χ0) is 18.6. The number of aryl methyl sites for hydroxylation is 1. The van der Waals surface area contributed by atoms with Gasteiger partial charge in [0, 0.05) is 22.7 Å². The summed E-state index contributed by atoms with van der Waals surface area (Å²) in [5.74, 6) is 0.397. The molecule has 0 aromatic carbocycles. The van der Waals surface area contributed by atoms with Gasteiger partial charge >= 0.3 is 0 Å². The van der Waals surface area contributed by atoms with Crippen molar-refractivity contribution in [3.05, 3.63) is 70.8 Å². The Morgan fingerprint density at radius 2 is 2.04 bits per heavy atom. The second-order valence-corrected chi connectivity index (χ2v) is 7.70. The number of anilines is 1. The number of thiophene rings is 1. The largest absolute Gasteiger partial charge is 0.437 e. The Morgan fingerprint density at radius 1 is 1.15 bits per heavy atom. The maximum atomic E-state index is 12.7. The van der Waals surface area contributed by atoms with Crippen molar-refractivity contribution in [3.63, 3.8) is 0 Å². The van der Waals surface area contributed by atoms with Gasteiger partial charge in [0.2, 0.25) is 5.88 Å². The van der Waals surface area contributed by atoms with E-state index in [0.717, 1.165) is 10.6 Å². The Morgan fingerprint density at radius 3 is 2.81 bits per heavy atom. The van der Waals surface area contributed by atoms with Gasteiger partial charge in [-0.2, -0.15) is 0 Å². The summed E-state index contributed by atoms with van der Waals surface area (Å²) in [4.78, 5) is 27.7. The van der Waals surface area contributed by atoms with Gasteiger partial charge in [-0.15, -0.1) is 22.7 Å². The molecule has 8 heteroatoms. The lowest BCUT2D eigenvalue weighted by molar-refractivity contribution is 0.102. The van der Waals surface area contributed by atoms with Crippen LogP contribution in [0.25, 0.3) is 10.6 Å². The minimum atomic E-state index is -0.328. The molecule has 0 aliphatic rings. The first-order chi connectivity index (χ1) is 13.2. The summed E-state index contributed by atoms with van der Waals surface area (Å²) in [5.41, 5.74) is 1.18. The zero-order valence-corrected chi connectivity index (χ0v) is 15.9. The van der Waals surface area contributed by atoms with E-state index in [4.69, 9.17) is 4.74 Å². The number of carbonyl (C=O) groups is 1.